The molecular weight excluding hydrogens is 309 g/mol. The molecule has 4 rings (SSSR count). The maximum Gasteiger partial charge on any atom is 0.169 e. The van der Waals surface area contributed by atoms with Gasteiger partial charge in [0.1, 0.15) is 5.82 Å². The molecule has 2 heterocycles. The summed E-state index contributed by atoms with van der Waals surface area (Å²) in [5.74, 6) is 0.633. The van der Waals surface area contributed by atoms with E-state index in [0.717, 1.165) is 34.1 Å². The van der Waals surface area contributed by atoms with Gasteiger partial charge in [0.15, 0.2) is 5.16 Å². The molecule has 0 saturated heterocycles. The summed E-state index contributed by atoms with van der Waals surface area (Å²) in [5, 5.41) is 4.47. The molecule has 1 aliphatic rings. The number of thioether (sulfide) groups is 1. The van der Waals surface area contributed by atoms with Crippen molar-refractivity contribution in [2.45, 2.75) is 24.2 Å². The third kappa shape index (κ3) is 2.35. The van der Waals surface area contributed by atoms with Crippen molar-refractivity contribution < 1.29 is 4.39 Å². The van der Waals surface area contributed by atoms with Gasteiger partial charge < -0.3 is 9.88 Å². The van der Waals surface area contributed by atoms with Crippen molar-refractivity contribution in [3.8, 4) is 0 Å². The molecule has 0 amide bonds. The molecule has 5 heteroatoms. The Morgan fingerprint density at radius 2 is 2.13 bits per heavy atom. The van der Waals surface area contributed by atoms with Gasteiger partial charge in [-0.3, -0.25) is 0 Å². The highest BCUT2D eigenvalue weighted by atomic mass is 32.2. The minimum Gasteiger partial charge on any atom is -0.317 e. The number of nitrogens with one attached hydrogen (secondary N) is 1. The number of benzene rings is 2. The quantitative estimate of drug-likeness (QED) is 0.778. The lowest BCUT2D eigenvalue weighted by Crippen LogP contribution is -2.48. The zero-order valence-corrected chi connectivity index (χ0v) is 14.0. The molecule has 1 aromatic heterocycles. The summed E-state index contributed by atoms with van der Waals surface area (Å²) in [6.07, 6.45) is 0. The standard InChI is InChI=1S/C18H18FN3S/c1-12-6-7-16-15(8-12)21-17-22(16)10-18(20-2,11-23-17)13-4-3-5-14(19)9-13/h3-9,20H,10-11H2,1-2H3. The second-order valence-corrected chi connectivity index (χ2v) is 7.05. The van der Waals surface area contributed by atoms with Gasteiger partial charge in [-0.25, -0.2) is 9.37 Å². The molecule has 0 fully saturated rings. The highest BCUT2D eigenvalue weighted by Gasteiger charge is 2.37. The second-order valence-electron chi connectivity index (χ2n) is 6.10. The number of halogens is 1. The Labute approximate surface area is 138 Å². The van der Waals surface area contributed by atoms with E-state index in [9.17, 15) is 4.39 Å². The van der Waals surface area contributed by atoms with Gasteiger partial charge in [0, 0.05) is 12.3 Å². The first-order chi connectivity index (χ1) is 11.1. The average Bonchev–Trinajstić information content (AvgIpc) is 2.91. The minimum absolute atomic E-state index is 0.195. The zero-order chi connectivity index (χ0) is 16.0. The predicted octanol–water partition coefficient (Wildman–Crippen LogP) is 3.70. The zero-order valence-electron chi connectivity index (χ0n) is 13.1. The summed E-state index contributed by atoms with van der Waals surface area (Å²) in [6, 6.07) is 13.2. The van der Waals surface area contributed by atoms with Crippen LogP contribution in [0.15, 0.2) is 47.6 Å². The van der Waals surface area contributed by atoms with Crippen LogP contribution in [0.2, 0.25) is 0 Å². The fraction of sp³-hybridized carbons (Fsp3) is 0.278. The molecule has 1 atom stereocenters. The highest BCUT2D eigenvalue weighted by molar-refractivity contribution is 7.99. The van der Waals surface area contributed by atoms with E-state index in [1.165, 1.54) is 11.6 Å². The number of aryl methyl sites for hydroxylation is 1. The topological polar surface area (TPSA) is 29.9 Å². The molecular formula is C18H18FN3S. The summed E-state index contributed by atoms with van der Waals surface area (Å²) in [5.41, 5.74) is 4.06. The first-order valence-electron chi connectivity index (χ1n) is 7.66. The van der Waals surface area contributed by atoms with Gasteiger partial charge in [0.05, 0.1) is 16.6 Å². The summed E-state index contributed by atoms with van der Waals surface area (Å²) in [4.78, 5) is 4.75. The molecule has 1 N–H and O–H groups in total. The number of hydrogen-bond donors (Lipinski definition) is 1. The largest absolute Gasteiger partial charge is 0.317 e. The number of aromatic nitrogens is 2. The molecule has 118 valence electrons. The Hall–Kier alpha value is -1.85. The minimum atomic E-state index is -0.293. The fourth-order valence-electron chi connectivity index (χ4n) is 3.24. The number of nitrogens with zero attached hydrogens (tertiary/aromatic N) is 2. The fourth-order valence-corrected chi connectivity index (χ4v) is 4.50. The van der Waals surface area contributed by atoms with Crippen molar-refractivity contribution in [1.29, 1.82) is 0 Å². The number of likely N-dealkylation sites (N-methyl/N-ethyl adjacent to an activating group) is 1. The van der Waals surface area contributed by atoms with Crippen LogP contribution in [0.1, 0.15) is 11.1 Å². The molecule has 0 radical (unpaired) electrons. The predicted molar refractivity (Wildman–Crippen MR) is 92.3 cm³/mol. The number of imidazole rings is 1. The van der Waals surface area contributed by atoms with Crippen LogP contribution >= 0.6 is 11.8 Å². The van der Waals surface area contributed by atoms with Crippen LogP contribution in [-0.4, -0.2) is 22.4 Å². The van der Waals surface area contributed by atoms with Gasteiger partial charge in [-0.2, -0.15) is 0 Å². The van der Waals surface area contributed by atoms with E-state index in [-0.39, 0.29) is 11.4 Å². The molecule has 23 heavy (non-hydrogen) atoms. The maximum atomic E-state index is 13.7. The van der Waals surface area contributed by atoms with E-state index >= 15 is 0 Å². The van der Waals surface area contributed by atoms with E-state index in [1.54, 1.807) is 23.9 Å². The summed E-state index contributed by atoms with van der Waals surface area (Å²) in [7, 11) is 1.94. The lowest BCUT2D eigenvalue weighted by atomic mass is 9.91. The Balaban J connectivity index is 1.84. The first-order valence-corrected chi connectivity index (χ1v) is 8.64. The van der Waals surface area contributed by atoms with Gasteiger partial charge in [-0.15, -0.1) is 0 Å². The second kappa shape index (κ2) is 5.35. The molecule has 3 nitrogen and oxygen atoms in total. The van der Waals surface area contributed by atoms with Crippen molar-refractivity contribution in [3.63, 3.8) is 0 Å². The Morgan fingerprint density at radius 1 is 1.26 bits per heavy atom. The van der Waals surface area contributed by atoms with Crippen molar-refractivity contribution in [1.82, 2.24) is 14.9 Å². The van der Waals surface area contributed by atoms with Gasteiger partial charge in [0.2, 0.25) is 0 Å². The average molecular weight is 327 g/mol. The van der Waals surface area contributed by atoms with Crippen LogP contribution in [0.25, 0.3) is 11.0 Å². The molecule has 1 unspecified atom stereocenters. The van der Waals surface area contributed by atoms with Crippen LogP contribution in [0.3, 0.4) is 0 Å². The number of hydrogen-bond acceptors (Lipinski definition) is 3. The highest BCUT2D eigenvalue weighted by Crippen LogP contribution is 2.38. The van der Waals surface area contributed by atoms with E-state index < -0.39 is 0 Å². The Bertz CT molecular complexity index is 889. The molecule has 3 aromatic rings. The molecule has 1 aliphatic heterocycles. The van der Waals surface area contributed by atoms with Crippen LogP contribution < -0.4 is 5.32 Å². The van der Waals surface area contributed by atoms with Gasteiger partial charge in [-0.1, -0.05) is 30.0 Å². The molecule has 0 aliphatic carbocycles. The summed E-state index contributed by atoms with van der Waals surface area (Å²) < 4.78 is 15.9. The van der Waals surface area contributed by atoms with Crippen LogP contribution in [0, 0.1) is 12.7 Å². The number of rotatable bonds is 2. The van der Waals surface area contributed by atoms with Crippen molar-refractivity contribution in [2.24, 2.45) is 0 Å². The monoisotopic (exact) mass is 327 g/mol. The Morgan fingerprint density at radius 3 is 2.91 bits per heavy atom. The van der Waals surface area contributed by atoms with Crippen molar-refractivity contribution >= 4 is 22.8 Å². The lowest BCUT2D eigenvalue weighted by Gasteiger charge is -2.38. The van der Waals surface area contributed by atoms with E-state index in [4.69, 9.17) is 4.98 Å². The maximum absolute atomic E-state index is 13.7. The molecule has 0 saturated carbocycles. The normalized spacial score (nSPS) is 20.7. The van der Waals surface area contributed by atoms with E-state index in [0.29, 0.717) is 0 Å². The SMILES string of the molecule is CNC1(c2cccc(F)c2)CSc2nc3cc(C)ccc3n2C1. The lowest BCUT2D eigenvalue weighted by molar-refractivity contribution is 0.329. The Kier molecular flexibility index (Phi) is 3.43. The van der Waals surface area contributed by atoms with E-state index in [1.807, 2.05) is 13.1 Å². The third-order valence-corrected chi connectivity index (χ3v) is 5.81. The van der Waals surface area contributed by atoms with Crippen LogP contribution in [0.4, 0.5) is 4.39 Å². The third-order valence-electron chi connectivity index (χ3n) is 4.60. The van der Waals surface area contributed by atoms with E-state index in [2.05, 4.69) is 35.0 Å². The smallest absolute Gasteiger partial charge is 0.169 e. The van der Waals surface area contributed by atoms with Gasteiger partial charge in [0.25, 0.3) is 0 Å². The van der Waals surface area contributed by atoms with Crippen LogP contribution in [-0.2, 0) is 12.1 Å². The van der Waals surface area contributed by atoms with Gasteiger partial charge in [-0.05, 0) is 49.4 Å². The van der Waals surface area contributed by atoms with Crippen molar-refractivity contribution in [3.05, 3.63) is 59.4 Å². The van der Waals surface area contributed by atoms with Gasteiger partial charge >= 0.3 is 0 Å². The van der Waals surface area contributed by atoms with Crippen molar-refractivity contribution in [2.75, 3.05) is 12.8 Å². The summed E-state index contributed by atoms with van der Waals surface area (Å²) >= 11 is 1.72. The molecule has 0 bridgehead atoms. The first kappa shape index (κ1) is 14.7. The molecule has 0 spiro atoms. The van der Waals surface area contributed by atoms with Crippen LogP contribution in [0.5, 0.6) is 0 Å². The number of fused-ring (bicyclic) bond motifs is 3. The molecule has 2 aromatic carbocycles. The summed E-state index contributed by atoms with van der Waals surface area (Å²) in [6.45, 7) is 2.82.